The molecule has 0 unspecified atom stereocenters. The Morgan fingerprint density at radius 3 is 1.71 bits per heavy atom. The number of nitrogens with zero attached hydrogens (tertiary/aromatic N) is 1. The molecule has 0 aliphatic heterocycles. The van der Waals surface area contributed by atoms with Gasteiger partial charge in [-0.05, 0) is 56.3 Å². The van der Waals surface area contributed by atoms with Crippen molar-refractivity contribution < 1.29 is 0 Å². The first-order chi connectivity index (χ1) is 6.65. The Kier molecular flexibility index (Phi) is 1.94. The molecule has 0 aromatic rings. The first kappa shape index (κ1) is 9.17. The first-order valence-electron chi connectivity index (χ1n) is 6.10. The number of nitrogens with one attached hydrogen (secondary N) is 1. The van der Waals surface area contributed by atoms with Crippen molar-refractivity contribution in [1.29, 1.82) is 0 Å². The highest BCUT2D eigenvalue weighted by Crippen LogP contribution is 2.55. The fourth-order valence-corrected chi connectivity index (χ4v) is 4.72. The van der Waals surface area contributed by atoms with E-state index in [0.29, 0.717) is 5.54 Å². The molecule has 4 aliphatic carbocycles. The van der Waals surface area contributed by atoms with Crippen LogP contribution >= 0.6 is 0 Å². The summed E-state index contributed by atoms with van der Waals surface area (Å²) in [5, 5.41) is 2.17. The van der Waals surface area contributed by atoms with Crippen molar-refractivity contribution in [3.05, 3.63) is 0 Å². The maximum atomic E-state index is 3.72. The van der Waals surface area contributed by atoms with Crippen LogP contribution in [0, 0.1) is 17.8 Å². The van der Waals surface area contributed by atoms with Crippen molar-refractivity contribution in [2.24, 2.45) is 17.8 Å². The molecule has 0 atom stereocenters. The van der Waals surface area contributed by atoms with Crippen molar-refractivity contribution in [3.8, 4) is 0 Å². The zero-order chi connectivity index (χ0) is 9.76. The van der Waals surface area contributed by atoms with Crippen LogP contribution in [0.25, 0.3) is 0 Å². The Balaban J connectivity index is 1.80. The van der Waals surface area contributed by atoms with Gasteiger partial charge in [0, 0.05) is 19.6 Å². The second-order valence-electron chi connectivity index (χ2n) is 6.20. The summed E-state index contributed by atoms with van der Waals surface area (Å²) < 4.78 is 0. The third kappa shape index (κ3) is 1.40. The van der Waals surface area contributed by atoms with Gasteiger partial charge in [-0.1, -0.05) is 0 Å². The molecule has 4 saturated carbocycles. The third-order valence-corrected chi connectivity index (χ3v) is 4.50. The average Bonchev–Trinajstić information content (AvgIpc) is 1.96. The fraction of sp³-hybridized carbons (Fsp3) is 1.00. The van der Waals surface area contributed by atoms with E-state index in [1.54, 1.807) is 0 Å². The van der Waals surface area contributed by atoms with Gasteiger partial charge in [0.1, 0.15) is 0 Å². The number of hydrazine groups is 1. The molecule has 0 spiro atoms. The van der Waals surface area contributed by atoms with E-state index in [2.05, 4.69) is 24.5 Å². The van der Waals surface area contributed by atoms with Gasteiger partial charge in [-0.25, -0.2) is 5.43 Å². The molecule has 80 valence electrons. The second-order valence-corrected chi connectivity index (χ2v) is 6.20. The average molecular weight is 194 g/mol. The van der Waals surface area contributed by atoms with Crippen molar-refractivity contribution in [1.82, 2.24) is 10.4 Å². The minimum atomic E-state index is 0.498. The SMILES string of the molecule is CN(C)NC12CC3CC(CC(C3)C1)C2. The van der Waals surface area contributed by atoms with Crippen LogP contribution in [0.3, 0.4) is 0 Å². The summed E-state index contributed by atoms with van der Waals surface area (Å²) >= 11 is 0. The minimum absolute atomic E-state index is 0.498. The molecule has 4 bridgehead atoms. The lowest BCUT2D eigenvalue weighted by Gasteiger charge is -2.57. The summed E-state index contributed by atoms with van der Waals surface area (Å²) in [6, 6.07) is 0. The Morgan fingerprint density at radius 2 is 1.36 bits per heavy atom. The van der Waals surface area contributed by atoms with E-state index in [0.717, 1.165) is 17.8 Å². The summed E-state index contributed by atoms with van der Waals surface area (Å²) in [6.45, 7) is 0. The topological polar surface area (TPSA) is 15.3 Å². The Labute approximate surface area is 87.0 Å². The van der Waals surface area contributed by atoms with Gasteiger partial charge in [-0.15, -0.1) is 0 Å². The highest BCUT2D eigenvalue weighted by atomic mass is 15.5. The standard InChI is InChI=1S/C12H22N2/c1-14(2)13-12-6-9-3-10(7-12)5-11(4-9)8-12/h9-11,13H,3-8H2,1-2H3. The molecular formula is C12H22N2. The normalized spacial score (nSPS) is 50.4. The molecule has 0 heterocycles. The van der Waals surface area contributed by atoms with Gasteiger partial charge >= 0.3 is 0 Å². The third-order valence-electron chi connectivity index (χ3n) is 4.50. The van der Waals surface area contributed by atoms with E-state index >= 15 is 0 Å². The summed E-state index contributed by atoms with van der Waals surface area (Å²) in [5.74, 6) is 3.15. The molecule has 0 radical (unpaired) electrons. The molecule has 14 heavy (non-hydrogen) atoms. The van der Waals surface area contributed by atoms with Crippen molar-refractivity contribution >= 4 is 0 Å². The zero-order valence-corrected chi connectivity index (χ0v) is 9.42. The van der Waals surface area contributed by atoms with Crippen molar-refractivity contribution in [2.75, 3.05) is 14.1 Å². The Morgan fingerprint density at radius 1 is 0.929 bits per heavy atom. The van der Waals surface area contributed by atoms with Crippen LogP contribution in [0.1, 0.15) is 38.5 Å². The number of hydrogen-bond donors (Lipinski definition) is 1. The summed E-state index contributed by atoms with van der Waals surface area (Å²) in [6.07, 6.45) is 8.93. The highest BCUT2D eigenvalue weighted by Gasteiger charge is 2.50. The van der Waals surface area contributed by atoms with Crippen LogP contribution < -0.4 is 5.43 Å². The highest BCUT2D eigenvalue weighted by molar-refractivity contribution is 5.05. The van der Waals surface area contributed by atoms with E-state index in [9.17, 15) is 0 Å². The van der Waals surface area contributed by atoms with E-state index in [1.807, 2.05) is 0 Å². The minimum Gasteiger partial charge on any atom is -0.250 e. The molecule has 0 aromatic heterocycles. The van der Waals surface area contributed by atoms with Crippen LogP contribution in [-0.4, -0.2) is 24.6 Å². The predicted octanol–water partition coefficient (Wildman–Crippen LogP) is 2.02. The molecule has 1 N–H and O–H groups in total. The zero-order valence-electron chi connectivity index (χ0n) is 9.42. The second kappa shape index (κ2) is 2.96. The lowest BCUT2D eigenvalue weighted by molar-refractivity contribution is -0.0483. The molecule has 4 rings (SSSR count). The fourth-order valence-electron chi connectivity index (χ4n) is 4.72. The van der Waals surface area contributed by atoms with Gasteiger partial charge < -0.3 is 0 Å². The molecule has 0 aromatic carbocycles. The number of rotatable bonds is 2. The monoisotopic (exact) mass is 194 g/mol. The molecule has 2 heteroatoms. The molecule has 4 aliphatic rings. The summed E-state index contributed by atoms with van der Waals surface area (Å²) in [5.41, 5.74) is 4.22. The molecule has 4 fully saturated rings. The first-order valence-corrected chi connectivity index (χ1v) is 6.10. The van der Waals surface area contributed by atoms with Crippen molar-refractivity contribution in [2.45, 2.75) is 44.1 Å². The van der Waals surface area contributed by atoms with E-state index in [4.69, 9.17) is 0 Å². The van der Waals surface area contributed by atoms with Crippen LogP contribution in [0.2, 0.25) is 0 Å². The van der Waals surface area contributed by atoms with Crippen LogP contribution in [0.5, 0.6) is 0 Å². The number of hydrogen-bond acceptors (Lipinski definition) is 2. The maximum absolute atomic E-state index is 3.72. The smallest absolute Gasteiger partial charge is 0.0333 e. The summed E-state index contributed by atoms with van der Waals surface area (Å²) in [4.78, 5) is 0. The molecule has 0 saturated heterocycles. The van der Waals surface area contributed by atoms with Gasteiger partial charge in [0.15, 0.2) is 0 Å². The van der Waals surface area contributed by atoms with Crippen LogP contribution in [0.15, 0.2) is 0 Å². The van der Waals surface area contributed by atoms with Gasteiger partial charge in [-0.3, -0.25) is 5.01 Å². The van der Waals surface area contributed by atoms with Crippen LogP contribution in [0.4, 0.5) is 0 Å². The van der Waals surface area contributed by atoms with Gasteiger partial charge in [0.2, 0.25) is 0 Å². The molecular weight excluding hydrogens is 172 g/mol. The summed E-state index contributed by atoms with van der Waals surface area (Å²) in [7, 11) is 4.27. The van der Waals surface area contributed by atoms with Gasteiger partial charge in [-0.2, -0.15) is 0 Å². The van der Waals surface area contributed by atoms with Crippen LogP contribution in [-0.2, 0) is 0 Å². The maximum Gasteiger partial charge on any atom is 0.0333 e. The molecule has 2 nitrogen and oxygen atoms in total. The van der Waals surface area contributed by atoms with E-state index in [-0.39, 0.29) is 0 Å². The Bertz CT molecular complexity index is 193. The Hall–Kier alpha value is -0.0800. The van der Waals surface area contributed by atoms with Gasteiger partial charge in [0.05, 0.1) is 0 Å². The van der Waals surface area contributed by atoms with E-state index in [1.165, 1.54) is 38.5 Å². The van der Waals surface area contributed by atoms with Crippen molar-refractivity contribution in [3.63, 3.8) is 0 Å². The predicted molar refractivity (Wildman–Crippen MR) is 57.7 cm³/mol. The molecule has 0 amide bonds. The lowest BCUT2D eigenvalue weighted by atomic mass is 9.53. The quantitative estimate of drug-likeness (QED) is 0.677. The van der Waals surface area contributed by atoms with E-state index < -0.39 is 0 Å². The van der Waals surface area contributed by atoms with Gasteiger partial charge in [0.25, 0.3) is 0 Å². The lowest BCUT2D eigenvalue weighted by Crippen LogP contribution is -2.61. The largest absolute Gasteiger partial charge is 0.250 e.